The molecule has 1 N–H and O–H groups in total. The first kappa shape index (κ1) is 23.0. The standard InChI is InChI=1S/C25H22Cl2N6S/c1-32-6-8-33(9-7-32)15-16-2-4-21(29-13-16)23-11-22-25(34-23)24(17(12-28)14-30-22)31-20-5-3-18(26)10-19(20)27/h2-5,10-11,13-14H,6-9,15H2,1H3,(H,30,31). The zero-order valence-electron chi connectivity index (χ0n) is 18.6. The van der Waals surface area contributed by atoms with Crippen molar-refractivity contribution in [3.63, 3.8) is 0 Å². The summed E-state index contributed by atoms with van der Waals surface area (Å²) in [7, 11) is 2.16. The first-order chi connectivity index (χ1) is 16.5. The molecule has 4 aromatic rings. The number of benzene rings is 1. The highest BCUT2D eigenvalue weighted by molar-refractivity contribution is 7.22. The molecule has 4 heterocycles. The molecule has 1 aromatic carbocycles. The summed E-state index contributed by atoms with van der Waals surface area (Å²) in [6, 6.07) is 13.7. The lowest BCUT2D eigenvalue weighted by atomic mass is 10.2. The van der Waals surface area contributed by atoms with Crippen LogP contribution >= 0.6 is 34.5 Å². The Morgan fingerprint density at radius 2 is 1.88 bits per heavy atom. The van der Waals surface area contributed by atoms with E-state index in [0.29, 0.717) is 27.0 Å². The molecule has 0 aliphatic carbocycles. The molecule has 0 amide bonds. The topological polar surface area (TPSA) is 68.1 Å². The number of hydrogen-bond acceptors (Lipinski definition) is 7. The highest BCUT2D eigenvalue weighted by atomic mass is 35.5. The number of hydrogen-bond donors (Lipinski definition) is 1. The van der Waals surface area contributed by atoms with Crippen LogP contribution < -0.4 is 5.32 Å². The zero-order chi connectivity index (χ0) is 23.7. The fourth-order valence-electron chi connectivity index (χ4n) is 3.97. The summed E-state index contributed by atoms with van der Waals surface area (Å²) in [5.41, 5.74) is 4.70. The number of piperazine rings is 1. The summed E-state index contributed by atoms with van der Waals surface area (Å²) in [5, 5.41) is 14.0. The number of nitrogens with zero attached hydrogens (tertiary/aromatic N) is 5. The summed E-state index contributed by atoms with van der Waals surface area (Å²) in [6.45, 7) is 5.27. The average molecular weight is 509 g/mol. The monoisotopic (exact) mass is 508 g/mol. The normalized spacial score (nSPS) is 14.9. The number of rotatable bonds is 5. The lowest BCUT2D eigenvalue weighted by molar-refractivity contribution is 0.148. The number of halogens is 2. The zero-order valence-corrected chi connectivity index (χ0v) is 20.9. The molecule has 0 bridgehead atoms. The minimum absolute atomic E-state index is 0.447. The molecule has 0 unspecified atom stereocenters. The van der Waals surface area contributed by atoms with Gasteiger partial charge in [0.05, 0.1) is 42.7 Å². The fraction of sp³-hybridized carbons (Fsp3) is 0.240. The summed E-state index contributed by atoms with van der Waals surface area (Å²) in [4.78, 5) is 15.0. The largest absolute Gasteiger partial charge is 0.352 e. The van der Waals surface area contributed by atoms with Crippen LogP contribution in [0.4, 0.5) is 11.4 Å². The molecule has 0 saturated carbocycles. The van der Waals surface area contributed by atoms with E-state index in [2.05, 4.69) is 45.4 Å². The number of fused-ring (bicyclic) bond motifs is 1. The molecule has 0 atom stereocenters. The molecule has 0 spiro atoms. The third-order valence-electron chi connectivity index (χ3n) is 5.93. The Morgan fingerprint density at radius 3 is 2.59 bits per heavy atom. The maximum atomic E-state index is 9.67. The lowest BCUT2D eigenvalue weighted by Gasteiger charge is -2.32. The van der Waals surface area contributed by atoms with E-state index in [1.807, 2.05) is 12.3 Å². The van der Waals surface area contributed by atoms with Crippen LogP contribution in [-0.4, -0.2) is 53.0 Å². The first-order valence-electron chi connectivity index (χ1n) is 10.9. The molecule has 3 aromatic heterocycles. The van der Waals surface area contributed by atoms with Crippen LogP contribution in [0.15, 0.2) is 48.8 Å². The third kappa shape index (κ3) is 4.88. The Kier molecular flexibility index (Phi) is 6.68. The molecule has 0 radical (unpaired) electrons. The van der Waals surface area contributed by atoms with E-state index in [0.717, 1.165) is 53.5 Å². The predicted octanol–water partition coefficient (Wildman–Crippen LogP) is 6.03. The maximum absolute atomic E-state index is 9.67. The summed E-state index contributed by atoms with van der Waals surface area (Å²) >= 11 is 13.9. The number of pyridine rings is 2. The van der Waals surface area contributed by atoms with Crippen molar-refractivity contribution in [2.75, 3.05) is 38.5 Å². The minimum atomic E-state index is 0.447. The van der Waals surface area contributed by atoms with Crippen molar-refractivity contribution >= 4 is 56.1 Å². The van der Waals surface area contributed by atoms with Crippen molar-refractivity contribution in [3.05, 3.63) is 70.0 Å². The van der Waals surface area contributed by atoms with Crippen molar-refractivity contribution in [3.8, 4) is 16.6 Å². The minimum Gasteiger partial charge on any atom is -0.352 e. The molecule has 1 aliphatic heterocycles. The van der Waals surface area contributed by atoms with Gasteiger partial charge in [-0.05, 0) is 42.9 Å². The Morgan fingerprint density at radius 1 is 1.06 bits per heavy atom. The molecule has 1 saturated heterocycles. The van der Waals surface area contributed by atoms with Crippen molar-refractivity contribution in [2.24, 2.45) is 0 Å². The summed E-state index contributed by atoms with van der Waals surface area (Å²) < 4.78 is 0.878. The van der Waals surface area contributed by atoms with E-state index in [1.54, 1.807) is 35.7 Å². The van der Waals surface area contributed by atoms with Crippen LogP contribution in [0.5, 0.6) is 0 Å². The highest BCUT2D eigenvalue weighted by Crippen LogP contribution is 2.40. The van der Waals surface area contributed by atoms with E-state index in [9.17, 15) is 5.26 Å². The average Bonchev–Trinajstić information content (AvgIpc) is 3.28. The smallest absolute Gasteiger partial charge is 0.103 e. The van der Waals surface area contributed by atoms with Gasteiger partial charge < -0.3 is 10.2 Å². The van der Waals surface area contributed by atoms with Crippen LogP contribution in [0, 0.1) is 11.3 Å². The van der Waals surface area contributed by atoms with E-state index in [4.69, 9.17) is 28.2 Å². The van der Waals surface area contributed by atoms with Gasteiger partial charge in [-0.1, -0.05) is 29.3 Å². The molecule has 5 rings (SSSR count). The molecule has 9 heteroatoms. The molecule has 6 nitrogen and oxygen atoms in total. The van der Waals surface area contributed by atoms with Crippen molar-refractivity contribution in [1.82, 2.24) is 19.8 Å². The Hall–Kier alpha value is -2.73. The second-order valence-corrected chi connectivity index (χ2v) is 10.3. The lowest BCUT2D eigenvalue weighted by Crippen LogP contribution is -2.43. The van der Waals surface area contributed by atoms with Gasteiger partial charge in [0.2, 0.25) is 0 Å². The van der Waals surface area contributed by atoms with Crippen LogP contribution in [0.25, 0.3) is 20.8 Å². The van der Waals surface area contributed by atoms with Crippen molar-refractivity contribution < 1.29 is 0 Å². The third-order valence-corrected chi connectivity index (χ3v) is 7.64. The molecule has 172 valence electrons. The van der Waals surface area contributed by atoms with Gasteiger partial charge in [-0.3, -0.25) is 14.9 Å². The number of thiophene rings is 1. The van der Waals surface area contributed by atoms with Gasteiger partial charge in [-0.2, -0.15) is 5.26 Å². The Balaban J connectivity index is 1.42. The van der Waals surface area contributed by atoms with E-state index in [1.165, 1.54) is 5.56 Å². The maximum Gasteiger partial charge on any atom is 0.103 e. The summed E-state index contributed by atoms with van der Waals surface area (Å²) in [5.74, 6) is 0. The van der Waals surface area contributed by atoms with E-state index in [-0.39, 0.29) is 0 Å². The number of aromatic nitrogens is 2. The van der Waals surface area contributed by atoms with Gasteiger partial charge in [-0.25, -0.2) is 0 Å². The van der Waals surface area contributed by atoms with Gasteiger partial charge in [-0.15, -0.1) is 11.3 Å². The highest BCUT2D eigenvalue weighted by Gasteiger charge is 2.17. The first-order valence-corrected chi connectivity index (χ1v) is 12.5. The number of nitrogens with one attached hydrogen (secondary N) is 1. The van der Waals surface area contributed by atoms with E-state index >= 15 is 0 Å². The van der Waals surface area contributed by atoms with Crippen molar-refractivity contribution in [1.29, 1.82) is 5.26 Å². The molecule has 34 heavy (non-hydrogen) atoms. The predicted molar refractivity (Wildman–Crippen MR) is 140 cm³/mol. The Bertz CT molecular complexity index is 1370. The molecular formula is C25H22Cl2N6S. The van der Waals surface area contributed by atoms with Crippen LogP contribution in [0.2, 0.25) is 10.0 Å². The molecular weight excluding hydrogens is 487 g/mol. The molecule has 1 fully saturated rings. The summed E-state index contributed by atoms with van der Waals surface area (Å²) in [6.07, 6.45) is 3.54. The molecule has 1 aliphatic rings. The number of likely N-dealkylation sites (N-methyl/N-ethyl adjacent to an activating group) is 1. The van der Waals surface area contributed by atoms with Crippen LogP contribution in [0.1, 0.15) is 11.1 Å². The van der Waals surface area contributed by atoms with Gasteiger partial charge in [0.25, 0.3) is 0 Å². The fourth-order valence-corrected chi connectivity index (χ4v) is 5.52. The van der Waals surface area contributed by atoms with Gasteiger partial charge in [0.1, 0.15) is 6.07 Å². The van der Waals surface area contributed by atoms with Crippen molar-refractivity contribution in [2.45, 2.75) is 6.54 Å². The van der Waals surface area contributed by atoms with Gasteiger partial charge in [0.15, 0.2) is 0 Å². The van der Waals surface area contributed by atoms with Gasteiger partial charge >= 0.3 is 0 Å². The second kappa shape index (κ2) is 9.87. The number of nitriles is 1. The Labute approximate surface area is 212 Å². The van der Waals surface area contributed by atoms with E-state index < -0.39 is 0 Å². The second-order valence-electron chi connectivity index (χ2n) is 8.36. The van der Waals surface area contributed by atoms with Crippen LogP contribution in [0.3, 0.4) is 0 Å². The van der Waals surface area contributed by atoms with Gasteiger partial charge in [0, 0.05) is 50.1 Å². The van der Waals surface area contributed by atoms with Crippen LogP contribution in [-0.2, 0) is 6.54 Å². The SMILES string of the molecule is CN1CCN(Cc2ccc(-c3cc4ncc(C#N)c(Nc5ccc(Cl)cc5Cl)c4s3)nc2)CC1. The quantitative estimate of drug-likeness (QED) is 0.355. The number of anilines is 2.